The first-order valence-corrected chi connectivity index (χ1v) is 6.61. The summed E-state index contributed by atoms with van der Waals surface area (Å²) in [7, 11) is 1.58. The Kier molecular flexibility index (Phi) is 4.24. The van der Waals surface area contributed by atoms with E-state index in [1.807, 2.05) is 12.1 Å². The molecule has 0 aliphatic rings. The molecule has 2 aromatic rings. The van der Waals surface area contributed by atoms with Crippen LogP contribution in [0.15, 0.2) is 34.9 Å². The van der Waals surface area contributed by atoms with Crippen LogP contribution in [-0.4, -0.2) is 23.2 Å². The Morgan fingerprint density at radius 1 is 1.35 bits per heavy atom. The minimum Gasteiger partial charge on any atom is -0.497 e. The predicted molar refractivity (Wildman–Crippen MR) is 79.9 cm³/mol. The fraction of sp³-hybridized carbons (Fsp3) is 0.143. The number of benzene rings is 1. The summed E-state index contributed by atoms with van der Waals surface area (Å²) in [5.74, 6) is -0.350. The second kappa shape index (κ2) is 5.92. The molecule has 0 unspecified atom stereocenters. The first-order valence-electron chi connectivity index (χ1n) is 5.81. The van der Waals surface area contributed by atoms with Gasteiger partial charge in [0.1, 0.15) is 11.3 Å². The van der Waals surface area contributed by atoms with Crippen molar-refractivity contribution in [2.45, 2.75) is 6.92 Å². The first kappa shape index (κ1) is 14.3. The molecule has 2 N–H and O–H groups in total. The van der Waals surface area contributed by atoms with E-state index in [0.29, 0.717) is 11.4 Å². The fourth-order valence-corrected chi connectivity index (χ4v) is 2.05. The van der Waals surface area contributed by atoms with Crippen molar-refractivity contribution in [2.24, 2.45) is 0 Å². The van der Waals surface area contributed by atoms with Crippen LogP contribution in [0.3, 0.4) is 0 Å². The van der Waals surface area contributed by atoms with Crippen molar-refractivity contribution in [3.8, 4) is 5.75 Å². The third kappa shape index (κ3) is 3.08. The minimum atomic E-state index is -1.03. The zero-order valence-electron chi connectivity index (χ0n) is 11.0. The largest absolute Gasteiger partial charge is 0.497 e. The molecule has 0 atom stereocenters. The lowest BCUT2D eigenvalue weighted by Gasteiger charge is -2.12. The van der Waals surface area contributed by atoms with Crippen LogP contribution in [0.5, 0.6) is 5.75 Å². The van der Waals surface area contributed by atoms with Crippen LogP contribution >= 0.6 is 15.9 Å². The third-order valence-electron chi connectivity index (χ3n) is 2.71. The van der Waals surface area contributed by atoms with E-state index in [1.165, 1.54) is 6.20 Å². The molecule has 6 heteroatoms. The normalized spacial score (nSPS) is 10.2. The molecule has 0 saturated carbocycles. The molecule has 1 heterocycles. The van der Waals surface area contributed by atoms with Crippen molar-refractivity contribution in [3.05, 3.63) is 46.2 Å². The monoisotopic (exact) mass is 336 g/mol. The number of nitrogens with zero attached hydrogens (tertiary/aromatic N) is 1. The molecular formula is C14H13BrN2O3. The summed E-state index contributed by atoms with van der Waals surface area (Å²) in [6.07, 6.45) is 1.34. The maximum Gasteiger partial charge on any atom is 0.339 e. The van der Waals surface area contributed by atoms with E-state index in [4.69, 9.17) is 4.74 Å². The lowest BCUT2D eigenvalue weighted by molar-refractivity contribution is 0.0697. The van der Waals surface area contributed by atoms with Gasteiger partial charge >= 0.3 is 5.97 Å². The van der Waals surface area contributed by atoms with E-state index in [1.54, 1.807) is 26.2 Å². The van der Waals surface area contributed by atoms with Gasteiger partial charge in [0, 0.05) is 22.4 Å². The van der Waals surface area contributed by atoms with E-state index in [0.717, 1.165) is 15.9 Å². The molecule has 0 amide bonds. The van der Waals surface area contributed by atoms with Crippen molar-refractivity contribution >= 4 is 33.3 Å². The molecule has 0 aliphatic heterocycles. The van der Waals surface area contributed by atoms with E-state index in [2.05, 4.69) is 26.2 Å². The van der Waals surface area contributed by atoms with Crippen LogP contribution in [0.4, 0.5) is 11.4 Å². The number of anilines is 2. The second-order valence-corrected chi connectivity index (χ2v) is 5.00. The number of methoxy groups -OCH3 is 1. The molecule has 1 aromatic heterocycles. The smallest absolute Gasteiger partial charge is 0.339 e. The molecule has 1 aromatic carbocycles. The summed E-state index contributed by atoms with van der Waals surface area (Å²) in [6.45, 7) is 1.80. The van der Waals surface area contributed by atoms with Crippen molar-refractivity contribution < 1.29 is 14.6 Å². The first-order chi connectivity index (χ1) is 9.51. The zero-order chi connectivity index (χ0) is 14.7. The van der Waals surface area contributed by atoms with Gasteiger partial charge in [0.25, 0.3) is 0 Å². The van der Waals surface area contributed by atoms with Crippen LogP contribution in [0.1, 0.15) is 16.1 Å². The molecule has 0 fully saturated rings. The number of aryl methyl sites for hydroxylation is 1. The average Bonchev–Trinajstić information content (AvgIpc) is 2.41. The number of aromatic carboxylic acids is 1. The maximum atomic E-state index is 11.2. The highest BCUT2D eigenvalue weighted by molar-refractivity contribution is 9.10. The van der Waals surface area contributed by atoms with Gasteiger partial charge in [-0.1, -0.05) is 0 Å². The lowest BCUT2D eigenvalue weighted by atomic mass is 10.2. The number of carboxylic acids is 1. The molecular weight excluding hydrogens is 324 g/mol. The van der Waals surface area contributed by atoms with Crippen molar-refractivity contribution in [2.75, 3.05) is 12.4 Å². The summed E-state index contributed by atoms with van der Waals surface area (Å²) < 4.78 is 5.97. The van der Waals surface area contributed by atoms with Gasteiger partial charge < -0.3 is 15.2 Å². The topological polar surface area (TPSA) is 71.5 Å². The number of hydrogen-bond acceptors (Lipinski definition) is 4. The Hall–Kier alpha value is -2.08. The number of carbonyl (C=O) groups is 1. The highest BCUT2D eigenvalue weighted by Gasteiger charge is 2.12. The van der Waals surface area contributed by atoms with Crippen LogP contribution in [-0.2, 0) is 0 Å². The molecule has 2 rings (SSSR count). The minimum absolute atomic E-state index is 0.116. The van der Waals surface area contributed by atoms with E-state index >= 15 is 0 Å². The second-order valence-electron chi connectivity index (χ2n) is 4.15. The zero-order valence-corrected chi connectivity index (χ0v) is 12.6. The number of pyridine rings is 1. The summed E-state index contributed by atoms with van der Waals surface area (Å²) in [4.78, 5) is 15.2. The van der Waals surface area contributed by atoms with Crippen molar-refractivity contribution in [1.82, 2.24) is 4.98 Å². The highest BCUT2D eigenvalue weighted by Crippen LogP contribution is 2.31. The quantitative estimate of drug-likeness (QED) is 0.892. The molecule has 104 valence electrons. The van der Waals surface area contributed by atoms with Crippen LogP contribution in [0.25, 0.3) is 0 Å². The van der Waals surface area contributed by atoms with Gasteiger partial charge in [-0.25, -0.2) is 4.79 Å². The van der Waals surface area contributed by atoms with Gasteiger partial charge in [-0.05, 0) is 41.1 Å². The third-order valence-corrected chi connectivity index (χ3v) is 3.41. The Morgan fingerprint density at radius 3 is 2.75 bits per heavy atom. The molecule has 0 radical (unpaired) electrons. The van der Waals surface area contributed by atoms with Crippen molar-refractivity contribution in [3.63, 3.8) is 0 Å². The van der Waals surface area contributed by atoms with Gasteiger partial charge in [-0.2, -0.15) is 0 Å². The van der Waals surface area contributed by atoms with Gasteiger partial charge in [-0.3, -0.25) is 4.98 Å². The molecule has 20 heavy (non-hydrogen) atoms. The number of carboxylic acid groups (broad SMARTS) is 1. The number of aromatic nitrogens is 1. The fourth-order valence-electron chi connectivity index (χ4n) is 1.71. The number of nitrogens with one attached hydrogen (secondary N) is 1. The van der Waals surface area contributed by atoms with Gasteiger partial charge in [0.05, 0.1) is 18.5 Å². The van der Waals surface area contributed by atoms with Gasteiger partial charge in [-0.15, -0.1) is 0 Å². The molecule has 0 bridgehead atoms. The van der Waals surface area contributed by atoms with Crippen LogP contribution < -0.4 is 10.1 Å². The predicted octanol–water partition coefficient (Wildman–Crippen LogP) is 3.60. The van der Waals surface area contributed by atoms with Crippen LogP contribution in [0, 0.1) is 6.92 Å². The number of ether oxygens (including phenoxy) is 1. The van der Waals surface area contributed by atoms with Gasteiger partial charge in [0.15, 0.2) is 0 Å². The van der Waals surface area contributed by atoms with Crippen LogP contribution in [0.2, 0.25) is 0 Å². The number of hydrogen-bond donors (Lipinski definition) is 2. The van der Waals surface area contributed by atoms with E-state index < -0.39 is 5.97 Å². The molecule has 0 saturated heterocycles. The van der Waals surface area contributed by atoms with Gasteiger partial charge in [0.2, 0.25) is 0 Å². The van der Waals surface area contributed by atoms with E-state index in [-0.39, 0.29) is 5.56 Å². The number of rotatable bonds is 4. The number of halogens is 1. The molecule has 0 spiro atoms. The Labute approximate surface area is 124 Å². The summed E-state index contributed by atoms with van der Waals surface area (Å²) in [6, 6.07) is 7.11. The summed E-state index contributed by atoms with van der Waals surface area (Å²) in [5, 5.41) is 12.3. The summed E-state index contributed by atoms with van der Waals surface area (Å²) in [5.41, 5.74) is 2.05. The van der Waals surface area contributed by atoms with Crippen molar-refractivity contribution in [1.29, 1.82) is 0 Å². The standard InChI is InChI=1S/C14H13BrN2O3/c1-8-5-12(10(7-16-8)14(18)19)17-13-6-9(20-2)3-4-11(13)15/h3-7H,1-2H3,(H,16,17)(H,18,19). The Morgan fingerprint density at radius 2 is 2.10 bits per heavy atom. The summed E-state index contributed by atoms with van der Waals surface area (Å²) >= 11 is 3.42. The SMILES string of the molecule is COc1ccc(Br)c(Nc2cc(C)ncc2C(=O)O)c1. The average molecular weight is 337 g/mol. The Bertz CT molecular complexity index is 659. The Balaban J connectivity index is 2.43. The van der Waals surface area contributed by atoms with E-state index in [9.17, 15) is 9.90 Å². The lowest BCUT2D eigenvalue weighted by Crippen LogP contribution is -2.04. The molecule has 5 nitrogen and oxygen atoms in total. The highest BCUT2D eigenvalue weighted by atomic mass is 79.9. The maximum absolute atomic E-state index is 11.2. The molecule has 0 aliphatic carbocycles.